The van der Waals surface area contributed by atoms with Crippen molar-refractivity contribution < 1.29 is 27.9 Å². The molecule has 1 atom stereocenters. The smallest absolute Gasteiger partial charge is 0.294 e. The largest absolute Gasteiger partial charge is 0.486 e. The van der Waals surface area contributed by atoms with Gasteiger partial charge in [-0.25, -0.2) is 4.39 Å². The minimum atomic E-state index is -1.06. The molecule has 35 heavy (non-hydrogen) atoms. The number of anilines is 1. The van der Waals surface area contributed by atoms with Gasteiger partial charge in [-0.15, -0.1) is 0 Å². The molecule has 1 N–H and O–H groups in total. The second-order valence-electron chi connectivity index (χ2n) is 8.78. The Morgan fingerprint density at radius 1 is 0.943 bits per heavy atom. The monoisotopic (exact) mass is 478 g/mol. The van der Waals surface area contributed by atoms with Crippen molar-refractivity contribution in [3.8, 4) is 11.5 Å². The van der Waals surface area contributed by atoms with Gasteiger partial charge < -0.3 is 19.2 Å². The predicted octanol–water partition coefficient (Wildman–Crippen LogP) is 5.03. The third kappa shape index (κ3) is 5.01. The minimum absolute atomic E-state index is 0.0278. The van der Waals surface area contributed by atoms with Crippen LogP contribution in [0.25, 0.3) is 0 Å². The highest BCUT2D eigenvalue weighted by Gasteiger charge is 2.36. The number of furan rings is 1. The van der Waals surface area contributed by atoms with E-state index in [0.717, 1.165) is 32.1 Å². The lowest BCUT2D eigenvalue weighted by molar-refractivity contribution is -0.123. The first-order valence-electron chi connectivity index (χ1n) is 11.9. The molecule has 2 aromatic carbocycles. The molecule has 3 aromatic rings. The third-order valence-corrected chi connectivity index (χ3v) is 6.40. The molecule has 1 saturated carbocycles. The SMILES string of the molecule is O=C(NC1CCCCC1)[C@H](c1ccc(F)cc1)N(C(=O)c1ccco1)c1ccc2c(c1)OCCO2. The fraction of sp³-hybridized carbons (Fsp3) is 0.333. The number of amides is 2. The second-order valence-corrected chi connectivity index (χ2v) is 8.78. The molecule has 7 nitrogen and oxygen atoms in total. The van der Waals surface area contributed by atoms with E-state index in [-0.39, 0.29) is 17.7 Å². The first kappa shape index (κ1) is 23.0. The number of carbonyl (C=O) groups is 2. The molecule has 0 bridgehead atoms. The Labute approximate surface area is 202 Å². The average molecular weight is 479 g/mol. The number of halogens is 1. The fourth-order valence-corrected chi connectivity index (χ4v) is 4.67. The van der Waals surface area contributed by atoms with Gasteiger partial charge in [-0.05, 0) is 54.8 Å². The Hall–Kier alpha value is -3.81. The Balaban J connectivity index is 1.59. The van der Waals surface area contributed by atoms with Crippen LogP contribution in [-0.4, -0.2) is 31.1 Å². The molecule has 2 heterocycles. The highest BCUT2D eigenvalue weighted by molar-refractivity contribution is 6.08. The number of nitrogens with zero attached hydrogens (tertiary/aromatic N) is 1. The van der Waals surface area contributed by atoms with Gasteiger partial charge in [0.05, 0.1) is 6.26 Å². The maximum absolute atomic E-state index is 13.8. The van der Waals surface area contributed by atoms with Crippen molar-refractivity contribution in [2.45, 2.75) is 44.2 Å². The van der Waals surface area contributed by atoms with E-state index in [4.69, 9.17) is 13.9 Å². The molecule has 182 valence electrons. The number of nitrogens with one attached hydrogen (secondary N) is 1. The molecule has 0 unspecified atom stereocenters. The topological polar surface area (TPSA) is 81.0 Å². The number of hydrogen-bond acceptors (Lipinski definition) is 5. The summed E-state index contributed by atoms with van der Waals surface area (Å²) in [5, 5.41) is 3.13. The van der Waals surface area contributed by atoms with Gasteiger partial charge in [-0.2, -0.15) is 0 Å². The van der Waals surface area contributed by atoms with Gasteiger partial charge >= 0.3 is 0 Å². The normalized spacial score (nSPS) is 16.4. The molecule has 0 radical (unpaired) electrons. The number of hydrogen-bond donors (Lipinski definition) is 1. The summed E-state index contributed by atoms with van der Waals surface area (Å²) in [6, 6.07) is 12.9. The number of rotatable bonds is 6. The van der Waals surface area contributed by atoms with Crippen LogP contribution in [0, 0.1) is 5.82 Å². The van der Waals surface area contributed by atoms with Crippen LogP contribution in [0.1, 0.15) is 54.3 Å². The lowest BCUT2D eigenvalue weighted by Gasteiger charge is -2.33. The lowest BCUT2D eigenvalue weighted by Crippen LogP contribution is -2.47. The van der Waals surface area contributed by atoms with Gasteiger partial charge in [0.1, 0.15) is 25.1 Å². The summed E-state index contributed by atoms with van der Waals surface area (Å²) < 4.78 is 30.6. The zero-order valence-electron chi connectivity index (χ0n) is 19.2. The second kappa shape index (κ2) is 10.2. The lowest BCUT2D eigenvalue weighted by atomic mass is 9.94. The number of ether oxygens (including phenoxy) is 2. The molecule has 0 saturated heterocycles. The van der Waals surface area contributed by atoms with Crippen LogP contribution in [0.15, 0.2) is 65.3 Å². The molecule has 1 aliphatic heterocycles. The molecule has 1 aliphatic carbocycles. The molecule has 8 heteroatoms. The van der Waals surface area contributed by atoms with Crippen LogP contribution >= 0.6 is 0 Å². The molecule has 2 aliphatic rings. The van der Waals surface area contributed by atoms with Crippen LogP contribution in [0.4, 0.5) is 10.1 Å². The van der Waals surface area contributed by atoms with Gasteiger partial charge in [-0.1, -0.05) is 31.4 Å². The minimum Gasteiger partial charge on any atom is -0.486 e. The Kier molecular flexibility index (Phi) is 6.70. The van der Waals surface area contributed by atoms with E-state index in [1.807, 2.05) is 0 Å². The van der Waals surface area contributed by atoms with E-state index in [0.29, 0.717) is 36.0 Å². The van der Waals surface area contributed by atoms with Gasteiger partial charge in [-0.3, -0.25) is 14.5 Å². The van der Waals surface area contributed by atoms with Crippen molar-refractivity contribution >= 4 is 17.5 Å². The van der Waals surface area contributed by atoms with E-state index in [2.05, 4.69) is 5.32 Å². The summed E-state index contributed by atoms with van der Waals surface area (Å²) in [6.45, 7) is 0.815. The van der Waals surface area contributed by atoms with Crippen molar-refractivity contribution in [3.05, 3.63) is 78.0 Å². The van der Waals surface area contributed by atoms with Crippen molar-refractivity contribution in [2.24, 2.45) is 0 Å². The van der Waals surface area contributed by atoms with Crippen molar-refractivity contribution in [1.82, 2.24) is 5.32 Å². The maximum Gasteiger partial charge on any atom is 0.294 e. The molecular weight excluding hydrogens is 451 g/mol. The average Bonchev–Trinajstić information content (AvgIpc) is 3.43. The quantitative estimate of drug-likeness (QED) is 0.538. The Morgan fingerprint density at radius 2 is 1.69 bits per heavy atom. The summed E-state index contributed by atoms with van der Waals surface area (Å²) >= 11 is 0. The van der Waals surface area contributed by atoms with Crippen LogP contribution in [0.2, 0.25) is 0 Å². The van der Waals surface area contributed by atoms with Crippen LogP contribution in [0.3, 0.4) is 0 Å². The van der Waals surface area contributed by atoms with Gasteiger partial charge in [0, 0.05) is 17.8 Å². The van der Waals surface area contributed by atoms with Gasteiger partial charge in [0.25, 0.3) is 5.91 Å². The zero-order valence-corrected chi connectivity index (χ0v) is 19.2. The van der Waals surface area contributed by atoms with E-state index in [9.17, 15) is 14.0 Å². The molecule has 0 spiro atoms. The fourth-order valence-electron chi connectivity index (χ4n) is 4.67. The molecule has 5 rings (SSSR count). The van der Waals surface area contributed by atoms with E-state index >= 15 is 0 Å². The zero-order chi connectivity index (χ0) is 24.2. The highest BCUT2D eigenvalue weighted by Crippen LogP contribution is 2.38. The first-order valence-corrected chi connectivity index (χ1v) is 11.9. The predicted molar refractivity (Wildman–Crippen MR) is 127 cm³/mol. The number of fused-ring (bicyclic) bond motifs is 1. The number of benzene rings is 2. The van der Waals surface area contributed by atoms with E-state index in [1.54, 1.807) is 30.3 Å². The van der Waals surface area contributed by atoms with Gasteiger partial charge in [0.15, 0.2) is 17.3 Å². The van der Waals surface area contributed by atoms with Crippen LogP contribution in [0.5, 0.6) is 11.5 Å². The Bertz CT molecular complexity index is 1170. The molecular formula is C27H27FN2O5. The van der Waals surface area contributed by atoms with Crippen molar-refractivity contribution in [1.29, 1.82) is 0 Å². The number of carbonyl (C=O) groups excluding carboxylic acids is 2. The summed E-state index contributed by atoms with van der Waals surface area (Å²) in [5.74, 6) is -0.133. The van der Waals surface area contributed by atoms with Crippen LogP contribution < -0.4 is 19.7 Å². The maximum atomic E-state index is 13.8. The molecule has 2 amide bonds. The summed E-state index contributed by atoms with van der Waals surface area (Å²) in [4.78, 5) is 28.9. The van der Waals surface area contributed by atoms with Crippen molar-refractivity contribution in [3.63, 3.8) is 0 Å². The highest BCUT2D eigenvalue weighted by atomic mass is 19.1. The van der Waals surface area contributed by atoms with E-state index in [1.165, 1.54) is 35.4 Å². The van der Waals surface area contributed by atoms with E-state index < -0.39 is 17.8 Å². The van der Waals surface area contributed by atoms with Crippen molar-refractivity contribution in [2.75, 3.05) is 18.1 Å². The summed E-state index contributed by atoms with van der Waals surface area (Å²) in [6.07, 6.45) is 6.42. The molecule has 1 aromatic heterocycles. The Morgan fingerprint density at radius 3 is 2.40 bits per heavy atom. The standard InChI is InChI=1S/C27H27FN2O5/c28-19-10-8-18(9-11-19)25(26(31)29-20-5-2-1-3-6-20)30(27(32)23-7-4-14-33-23)21-12-13-22-24(17-21)35-16-15-34-22/h4,7-14,17,20,25H,1-3,5-6,15-16H2,(H,29,31)/t25-/m0/s1. The molecule has 1 fully saturated rings. The van der Waals surface area contributed by atoms with Gasteiger partial charge in [0.2, 0.25) is 5.91 Å². The van der Waals surface area contributed by atoms with Crippen LogP contribution in [-0.2, 0) is 4.79 Å². The summed E-state index contributed by atoms with van der Waals surface area (Å²) in [7, 11) is 0. The summed E-state index contributed by atoms with van der Waals surface area (Å²) in [5.41, 5.74) is 0.915. The third-order valence-electron chi connectivity index (χ3n) is 6.40. The first-order chi connectivity index (χ1) is 17.1.